The van der Waals surface area contributed by atoms with Gasteiger partial charge in [0.15, 0.2) is 5.82 Å². The fourth-order valence-corrected chi connectivity index (χ4v) is 5.15. The topological polar surface area (TPSA) is 90.1 Å². The average Bonchev–Trinajstić information content (AvgIpc) is 3.48. The molecule has 3 aromatic heterocycles. The Labute approximate surface area is 205 Å². The molecule has 0 bridgehead atoms. The highest BCUT2D eigenvalue weighted by atomic mass is 32.2. The van der Waals surface area contributed by atoms with Gasteiger partial charge in [0.05, 0.1) is 23.3 Å². The summed E-state index contributed by atoms with van der Waals surface area (Å²) in [6.45, 7) is 11.7. The molecular weight excluding hydrogens is 450 g/mol. The Morgan fingerprint density at radius 1 is 1.26 bits per heavy atom. The Hall–Kier alpha value is -3.01. The van der Waals surface area contributed by atoms with Crippen LogP contribution in [0.4, 0.5) is 5.82 Å². The molecule has 34 heavy (non-hydrogen) atoms. The summed E-state index contributed by atoms with van der Waals surface area (Å²) in [4.78, 5) is 21.5. The Morgan fingerprint density at radius 2 is 2.03 bits per heavy atom. The van der Waals surface area contributed by atoms with Crippen molar-refractivity contribution in [3.05, 3.63) is 41.9 Å². The van der Waals surface area contributed by atoms with Gasteiger partial charge in [-0.2, -0.15) is 5.10 Å². The number of anilines is 1. The minimum atomic E-state index is -0.191. The second kappa shape index (κ2) is 9.32. The minimum Gasteiger partial charge on any atom is -0.480 e. The lowest BCUT2D eigenvalue weighted by Crippen LogP contribution is -2.40. The molecule has 1 aliphatic heterocycles. The minimum absolute atomic E-state index is 0.134. The summed E-state index contributed by atoms with van der Waals surface area (Å²) in [7, 11) is 3.45. The maximum Gasteiger partial charge on any atom is 0.265 e. The van der Waals surface area contributed by atoms with Gasteiger partial charge in [-0.3, -0.25) is 14.2 Å². The zero-order chi connectivity index (χ0) is 24.6. The molecule has 1 N–H and O–H groups in total. The third-order valence-corrected chi connectivity index (χ3v) is 7.35. The smallest absolute Gasteiger partial charge is 0.265 e. The number of pyridine rings is 1. The number of aromatic nitrogens is 5. The summed E-state index contributed by atoms with van der Waals surface area (Å²) >= 11 is 1.27. The van der Waals surface area contributed by atoms with Crippen molar-refractivity contribution in [3.8, 4) is 11.7 Å². The SMILES string of the molecule is COc1ccn(-c2ccc(C(=O)NSc3cn(C)nc3C)c(N3C[C@@H](C(C)C)CC3(C)C)n2)n1. The van der Waals surface area contributed by atoms with E-state index in [0.29, 0.717) is 34.9 Å². The highest BCUT2D eigenvalue weighted by Gasteiger charge is 2.41. The van der Waals surface area contributed by atoms with Gasteiger partial charge >= 0.3 is 0 Å². The molecule has 10 heteroatoms. The second-order valence-corrected chi connectivity index (χ2v) is 10.6. The molecule has 1 amide bonds. The van der Waals surface area contributed by atoms with Crippen LogP contribution in [0.1, 0.15) is 50.2 Å². The van der Waals surface area contributed by atoms with Crippen molar-refractivity contribution >= 4 is 23.7 Å². The van der Waals surface area contributed by atoms with E-state index in [1.54, 1.807) is 28.7 Å². The van der Waals surface area contributed by atoms with Crippen LogP contribution >= 0.6 is 11.9 Å². The summed E-state index contributed by atoms with van der Waals surface area (Å²) in [6.07, 6.45) is 4.74. The maximum atomic E-state index is 13.4. The largest absolute Gasteiger partial charge is 0.480 e. The number of aryl methyl sites for hydroxylation is 2. The Kier molecular flexibility index (Phi) is 6.62. The number of carbonyl (C=O) groups is 1. The Balaban J connectivity index is 1.70. The second-order valence-electron chi connectivity index (χ2n) is 9.76. The standard InChI is InChI=1S/C24H33N7O2S/c1-15(2)17-12-24(4,5)30(13-17)22-18(23(32)28-34-19-14-29(6)26-16(19)3)8-9-20(25-22)31-11-10-21(27-31)33-7/h8-11,14-15,17H,12-13H2,1-7H3,(H,28,32)/t17-/m0/s1. The van der Waals surface area contributed by atoms with Crippen LogP contribution in [0.25, 0.3) is 5.82 Å². The molecule has 1 saturated heterocycles. The number of rotatable bonds is 7. The van der Waals surface area contributed by atoms with Crippen molar-refractivity contribution in [2.45, 2.75) is 51.5 Å². The van der Waals surface area contributed by atoms with E-state index in [0.717, 1.165) is 23.6 Å². The lowest BCUT2D eigenvalue weighted by molar-refractivity contribution is 0.0984. The lowest BCUT2D eigenvalue weighted by Gasteiger charge is -2.34. The molecular formula is C24H33N7O2S. The third-order valence-electron chi connectivity index (χ3n) is 6.44. The number of methoxy groups -OCH3 is 1. The summed E-state index contributed by atoms with van der Waals surface area (Å²) in [6, 6.07) is 5.42. The molecule has 182 valence electrons. The van der Waals surface area contributed by atoms with Crippen molar-refractivity contribution in [1.29, 1.82) is 0 Å². The molecule has 0 aromatic carbocycles. The molecule has 0 aliphatic carbocycles. The fraction of sp³-hybridized carbons (Fsp3) is 0.500. The number of amides is 1. The van der Waals surface area contributed by atoms with Crippen LogP contribution in [0.3, 0.4) is 0 Å². The summed E-state index contributed by atoms with van der Waals surface area (Å²) in [5, 5.41) is 8.75. The number of nitrogens with one attached hydrogen (secondary N) is 1. The Morgan fingerprint density at radius 3 is 2.62 bits per heavy atom. The number of nitrogens with zero attached hydrogens (tertiary/aromatic N) is 6. The zero-order valence-corrected chi connectivity index (χ0v) is 21.7. The number of ether oxygens (including phenoxy) is 1. The highest BCUT2D eigenvalue weighted by Crippen LogP contribution is 2.40. The van der Waals surface area contributed by atoms with E-state index in [4.69, 9.17) is 9.72 Å². The van der Waals surface area contributed by atoms with Crippen LogP contribution < -0.4 is 14.4 Å². The van der Waals surface area contributed by atoms with E-state index in [9.17, 15) is 4.79 Å². The molecule has 4 heterocycles. The molecule has 0 saturated carbocycles. The first kappa shape index (κ1) is 24.1. The summed E-state index contributed by atoms with van der Waals surface area (Å²) in [5.74, 6) is 2.69. The lowest BCUT2D eigenvalue weighted by atomic mass is 9.89. The van der Waals surface area contributed by atoms with Gasteiger partial charge in [-0.05, 0) is 63.1 Å². The maximum absolute atomic E-state index is 13.4. The summed E-state index contributed by atoms with van der Waals surface area (Å²) in [5.41, 5.74) is 1.27. The van der Waals surface area contributed by atoms with Gasteiger partial charge in [0.1, 0.15) is 5.82 Å². The monoisotopic (exact) mass is 483 g/mol. The van der Waals surface area contributed by atoms with Gasteiger partial charge < -0.3 is 9.64 Å². The quantitative estimate of drug-likeness (QED) is 0.508. The van der Waals surface area contributed by atoms with E-state index in [1.807, 2.05) is 32.3 Å². The van der Waals surface area contributed by atoms with E-state index >= 15 is 0 Å². The van der Waals surface area contributed by atoms with Crippen molar-refractivity contribution in [3.63, 3.8) is 0 Å². The molecule has 1 atom stereocenters. The first-order valence-electron chi connectivity index (χ1n) is 11.4. The number of hydrogen-bond donors (Lipinski definition) is 1. The van der Waals surface area contributed by atoms with Crippen LogP contribution in [0.15, 0.2) is 35.5 Å². The molecule has 0 radical (unpaired) electrons. The predicted octanol–water partition coefficient (Wildman–Crippen LogP) is 4.02. The Bertz CT molecular complexity index is 1180. The van der Waals surface area contributed by atoms with E-state index < -0.39 is 0 Å². The molecule has 3 aromatic rings. The molecule has 9 nitrogen and oxygen atoms in total. The molecule has 4 rings (SSSR count). The van der Waals surface area contributed by atoms with Crippen LogP contribution in [-0.2, 0) is 7.05 Å². The normalized spacial score (nSPS) is 17.4. The van der Waals surface area contributed by atoms with E-state index in [-0.39, 0.29) is 11.4 Å². The molecule has 1 aliphatic rings. The fourth-order valence-electron chi connectivity index (χ4n) is 4.44. The average molecular weight is 484 g/mol. The van der Waals surface area contributed by atoms with E-state index in [1.165, 1.54) is 11.9 Å². The molecule has 1 fully saturated rings. The zero-order valence-electron chi connectivity index (χ0n) is 20.9. The molecule has 0 spiro atoms. The number of carbonyl (C=O) groups excluding carboxylic acids is 1. The first-order valence-corrected chi connectivity index (χ1v) is 12.3. The van der Waals surface area contributed by atoms with Gasteiger partial charge in [-0.25, -0.2) is 9.67 Å². The van der Waals surface area contributed by atoms with Crippen LogP contribution in [-0.4, -0.2) is 49.6 Å². The van der Waals surface area contributed by atoms with Gasteiger partial charge in [-0.1, -0.05) is 13.8 Å². The van der Waals surface area contributed by atoms with Gasteiger partial charge in [0.2, 0.25) is 5.88 Å². The van der Waals surface area contributed by atoms with Gasteiger partial charge in [-0.15, -0.1) is 5.10 Å². The van der Waals surface area contributed by atoms with Crippen LogP contribution in [0.5, 0.6) is 5.88 Å². The molecule has 0 unspecified atom stereocenters. The first-order chi connectivity index (χ1) is 16.1. The van der Waals surface area contributed by atoms with Crippen molar-refractivity contribution in [1.82, 2.24) is 29.3 Å². The van der Waals surface area contributed by atoms with Crippen molar-refractivity contribution < 1.29 is 9.53 Å². The third kappa shape index (κ3) is 4.77. The number of hydrogen-bond acceptors (Lipinski definition) is 7. The van der Waals surface area contributed by atoms with Crippen molar-refractivity contribution in [2.24, 2.45) is 18.9 Å². The van der Waals surface area contributed by atoms with E-state index in [2.05, 4.69) is 47.5 Å². The van der Waals surface area contributed by atoms with Crippen LogP contribution in [0.2, 0.25) is 0 Å². The highest BCUT2D eigenvalue weighted by molar-refractivity contribution is 7.98. The summed E-state index contributed by atoms with van der Waals surface area (Å²) < 4.78 is 11.6. The van der Waals surface area contributed by atoms with Gasteiger partial charge in [0, 0.05) is 37.6 Å². The van der Waals surface area contributed by atoms with Crippen LogP contribution in [0, 0.1) is 18.8 Å². The predicted molar refractivity (Wildman–Crippen MR) is 134 cm³/mol. The van der Waals surface area contributed by atoms with Crippen molar-refractivity contribution in [2.75, 3.05) is 18.6 Å². The van der Waals surface area contributed by atoms with Gasteiger partial charge in [0.25, 0.3) is 5.91 Å².